The number of nitrogens with one attached hydrogen (secondary N) is 3. The van der Waals surface area contributed by atoms with Crippen LogP contribution in [-0.4, -0.2) is 23.4 Å². The van der Waals surface area contributed by atoms with Gasteiger partial charge in [0.15, 0.2) is 5.54 Å². The van der Waals surface area contributed by atoms with Crippen LogP contribution in [0.3, 0.4) is 0 Å². The molecule has 4 amide bonds. The molecule has 146 valence electrons. The molecule has 7 nitrogen and oxygen atoms in total. The summed E-state index contributed by atoms with van der Waals surface area (Å²) in [7, 11) is 0. The molecule has 0 bridgehead atoms. The molecule has 3 fully saturated rings. The van der Waals surface area contributed by atoms with Gasteiger partial charge in [-0.25, -0.2) is 4.79 Å². The number of hydrogen-bond acceptors (Lipinski definition) is 4. The Hall–Kier alpha value is -2.59. The first kappa shape index (κ1) is 18.8. The van der Waals surface area contributed by atoms with Crippen LogP contribution in [0.25, 0.3) is 0 Å². The van der Waals surface area contributed by atoms with E-state index in [9.17, 15) is 19.6 Å². The van der Waals surface area contributed by atoms with Crippen molar-refractivity contribution in [2.75, 3.05) is 0 Å². The van der Waals surface area contributed by atoms with E-state index in [-0.39, 0.29) is 24.7 Å². The molecule has 1 spiro atoms. The molecule has 28 heavy (non-hydrogen) atoms. The SMILES string of the molecule is N#CC(NC(=O)[C@H]1C[C@@]2(C1)NC(=O)NC2=O)(c1cccc(Cl)c1)C1CCCC1. The van der Waals surface area contributed by atoms with Crippen LogP contribution in [0.4, 0.5) is 4.79 Å². The Bertz CT molecular complexity index is 884. The third-order valence-electron chi connectivity index (χ3n) is 6.32. The summed E-state index contributed by atoms with van der Waals surface area (Å²) in [5.41, 5.74) is -1.45. The lowest BCUT2D eigenvalue weighted by atomic mass is 9.67. The first-order valence-corrected chi connectivity index (χ1v) is 9.89. The van der Waals surface area contributed by atoms with Gasteiger partial charge in [0, 0.05) is 10.9 Å². The predicted molar refractivity (Wildman–Crippen MR) is 101 cm³/mol. The quantitative estimate of drug-likeness (QED) is 0.673. The highest BCUT2D eigenvalue weighted by atomic mass is 35.5. The summed E-state index contributed by atoms with van der Waals surface area (Å²) >= 11 is 6.16. The van der Waals surface area contributed by atoms with Crippen LogP contribution in [0.5, 0.6) is 0 Å². The van der Waals surface area contributed by atoms with Gasteiger partial charge in [-0.1, -0.05) is 36.6 Å². The Morgan fingerprint density at radius 2 is 2.00 bits per heavy atom. The number of amides is 4. The highest BCUT2D eigenvalue weighted by molar-refractivity contribution is 6.30. The third kappa shape index (κ3) is 2.92. The molecule has 8 heteroatoms. The van der Waals surface area contributed by atoms with Crippen molar-refractivity contribution in [3.8, 4) is 6.07 Å². The van der Waals surface area contributed by atoms with Gasteiger partial charge in [-0.15, -0.1) is 0 Å². The number of nitriles is 1. The molecule has 2 aliphatic carbocycles. The van der Waals surface area contributed by atoms with Gasteiger partial charge in [0.2, 0.25) is 5.91 Å². The van der Waals surface area contributed by atoms with Crippen molar-refractivity contribution < 1.29 is 14.4 Å². The molecular weight excluding hydrogens is 380 g/mol. The maximum atomic E-state index is 13.0. The fourth-order valence-corrected chi connectivity index (χ4v) is 4.96. The summed E-state index contributed by atoms with van der Waals surface area (Å²) in [4.78, 5) is 36.4. The largest absolute Gasteiger partial charge is 0.334 e. The van der Waals surface area contributed by atoms with E-state index in [4.69, 9.17) is 11.6 Å². The molecule has 1 atom stereocenters. The molecule has 2 saturated carbocycles. The summed E-state index contributed by atoms with van der Waals surface area (Å²) in [6.45, 7) is 0. The first-order valence-electron chi connectivity index (χ1n) is 9.51. The summed E-state index contributed by atoms with van der Waals surface area (Å²) in [5, 5.41) is 18.5. The summed E-state index contributed by atoms with van der Waals surface area (Å²) in [6, 6.07) is 8.91. The fraction of sp³-hybridized carbons (Fsp3) is 0.500. The smallest absolute Gasteiger partial charge is 0.322 e. The van der Waals surface area contributed by atoms with Crippen LogP contribution in [0.2, 0.25) is 5.02 Å². The van der Waals surface area contributed by atoms with E-state index in [2.05, 4.69) is 22.0 Å². The number of halogens is 1. The van der Waals surface area contributed by atoms with Crippen LogP contribution in [-0.2, 0) is 15.1 Å². The average Bonchev–Trinajstić information content (AvgIpc) is 3.26. The van der Waals surface area contributed by atoms with Crippen LogP contribution in [0.15, 0.2) is 24.3 Å². The second-order valence-corrected chi connectivity index (χ2v) is 8.43. The van der Waals surface area contributed by atoms with Crippen molar-refractivity contribution in [1.29, 1.82) is 5.26 Å². The number of carbonyl (C=O) groups excluding carboxylic acids is 3. The minimum absolute atomic E-state index is 0.00318. The Balaban J connectivity index is 1.57. The van der Waals surface area contributed by atoms with E-state index in [1.165, 1.54) is 0 Å². The summed E-state index contributed by atoms with van der Waals surface area (Å²) in [6.07, 6.45) is 4.21. The van der Waals surface area contributed by atoms with Crippen LogP contribution in [0.1, 0.15) is 44.1 Å². The minimum atomic E-state index is -1.15. The Labute approximate surface area is 167 Å². The third-order valence-corrected chi connectivity index (χ3v) is 6.55. The van der Waals surface area contributed by atoms with Crippen LogP contribution in [0, 0.1) is 23.2 Å². The Morgan fingerprint density at radius 3 is 2.57 bits per heavy atom. The van der Waals surface area contributed by atoms with E-state index < -0.39 is 28.9 Å². The number of carbonyl (C=O) groups is 3. The van der Waals surface area contributed by atoms with E-state index in [1.54, 1.807) is 18.2 Å². The number of imide groups is 1. The molecule has 0 radical (unpaired) electrons. The van der Waals surface area contributed by atoms with Crippen molar-refractivity contribution in [3.63, 3.8) is 0 Å². The lowest BCUT2D eigenvalue weighted by molar-refractivity contribution is -0.137. The van der Waals surface area contributed by atoms with Crippen molar-refractivity contribution in [2.24, 2.45) is 11.8 Å². The van der Waals surface area contributed by atoms with Crippen LogP contribution >= 0.6 is 11.6 Å². The summed E-state index contributed by atoms with van der Waals surface area (Å²) in [5.74, 6) is -1.09. The van der Waals surface area contributed by atoms with Crippen molar-refractivity contribution >= 4 is 29.4 Å². The Morgan fingerprint density at radius 1 is 1.29 bits per heavy atom. The predicted octanol–water partition coefficient (Wildman–Crippen LogP) is 2.35. The van der Waals surface area contributed by atoms with E-state index in [1.807, 2.05) is 6.07 Å². The van der Waals surface area contributed by atoms with Gasteiger partial charge in [-0.2, -0.15) is 5.26 Å². The molecule has 3 N–H and O–H groups in total. The number of urea groups is 1. The average molecular weight is 401 g/mol. The van der Waals surface area contributed by atoms with Gasteiger partial charge in [0.1, 0.15) is 5.54 Å². The molecular formula is C20H21ClN4O3. The van der Waals surface area contributed by atoms with E-state index in [0.29, 0.717) is 10.6 Å². The first-order chi connectivity index (χ1) is 13.4. The molecule has 1 aliphatic heterocycles. The molecule has 1 aromatic carbocycles. The molecule has 1 saturated heterocycles. The lowest BCUT2D eigenvalue weighted by Gasteiger charge is -2.43. The fourth-order valence-electron chi connectivity index (χ4n) is 4.77. The number of benzene rings is 1. The standard InChI is InChI=1S/C20H21ClN4O3/c21-15-7-3-6-14(8-15)20(11-22,13-4-1-2-5-13)24-16(26)12-9-19(10-12)17(27)23-18(28)25-19/h3,6-8,12-13H,1-2,4-5,9-10H2,(H,24,26)(H2,23,25,27,28)/t12-,19-,20?. The van der Waals surface area contributed by atoms with Gasteiger partial charge in [-0.3, -0.25) is 14.9 Å². The second-order valence-electron chi connectivity index (χ2n) is 8.00. The van der Waals surface area contributed by atoms with Crippen molar-refractivity contribution in [3.05, 3.63) is 34.9 Å². The highest BCUT2D eigenvalue weighted by Crippen LogP contribution is 2.44. The zero-order valence-corrected chi connectivity index (χ0v) is 16.0. The topological polar surface area (TPSA) is 111 Å². The lowest BCUT2D eigenvalue weighted by Crippen LogP contribution is -2.62. The number of hydrogen-bond donors (Lipinski definition) is 3. The monoisotopic (exact) mass is 400 g/mol. The molecule has 1 aromatic rings. The summed E-state index contributed by atoms with van der Waals surface area (Å²) < 4.78 is 0. The van der Waals surface area contributed by atoms with Gasteiger partial charge in [-0.05, 0) is 49.3 Å². The van der Waals surface area contributed by atoms with Gasteiger partial charge in [0.05, 0.1) is 6.07 Å². The minimum Gasteiger partial charge on any atom is -0.334 e. The number of nitrogens with zero attached hydrogens (tertiary/aromatic N) is 1. The van der Waals surface area contributed by atoms with Gasteiger partial charge < -0.3 is 10.6 Å². The van der Waals surface area contributed by atoms with Crippen molar-refractivity contribution in [1.82, 2.24) is 16.0 Å². The maximum Gasteiger partial charge on any atom is 0.322 e. The zero-order chi connectivity index (χ0) is 19.9. The maximum absolute atomic E-state index is 13.0. The van der Waals surface area contributed by atoms with E-state index in [0.717, 1.165) is 25.7 Å². The van der Waals surface area contributed by atoms with Crippen LogP contribution < -0.4 is 16.0 Å². The zero-order valence-electron chi connectivity index (χ0n) is 15.3. The molecule has 1 heterocycles. The van der Waals surface area contributed by atoms with Gasteiger partial charge >= 0.3 is 6.03 Å². The Kier molecular flexibility index (Phi) is 4.54. The van der Waals surface area contributed by atoms with E-state index >= 15 is 0 Å². The number of rotatable bonds is 4. The van der Waals surface area contributed by atoms with Crippen molar-refractivity contribution in [2.45, 2.75) is 49.6 Å². The second kappa shape index (κ2) is 6.78. The molecule has 1 unspecified atom stereocenters. The molecule has 4 rings (SSSR count). The molecule has 0 aromatic heterocycles. The normalized spacial score (nSPS) is 28.8. The highest BCUT2D eigenvalue weighted by Gasteiger charge is 2.58. The molecule has 3 aliphatic rings. The van der Waals surface area contributed by atoms with Gasteiger partial charge in [0.25, 0.3) is 5.91 Å².